The Morgan fingerprint density at radius 1 is 1.50 bits per heavy atom. The molecular formula is C7H10BrNO. The minimum atomic E-state index is 0.110. The van der Waals surface area contributed by atoms with Gasteiger partial charge in [-0.15, -0.1) is 0 Å². The van der Waals surface area contributed by atoms with Gasteiger partial charge in [-0.2, -0.15) is 0 Å². The smallest absolute Gasteiger partial charge is 0.152 e. The zero-order valence-corrected chi connectivity index (χ0v) is 7.90. The van der Waals surface area contributed by atoms with Gasteiger partial charge in [0.25, 0.3) is 0 Å². The number of nitrogens with zero attached hydrogens (tertiary/aromatic N) is 1. The molecule has 0 spiro atoms. The van der Waals surface area contributed by atoms with Gasteiger partial charge in [0.15, 0.2) is 4.60 Å². The van der Waals surface area contributed by atoms with Crippen LogP contribution in [-0.4, -0.2) is 5.16 Å². The van der Waals surface area contributed by atoms with Gasteiger partial charge < -0.3 is 4.52 Å². The average Bonchev–Trinajstić information content (AvgIpc) is 2.11. The van der Waals surface area contributed by atoms with Crippen molar-refractivity contribution < 1.29 is 4.52 Å². The van der Waals surface area contributed by atoms with Crippen LogP contribution in [0, 0.1) is 0 Å². The Balaban J connectivity index is 3.05. The highest BCUT2D eigenvalue weighted by Crippen LogP contribution is 2.28. The Morgan fingerprint density at radius 3 is 2.30 bits per heavy atom. The van der Waals surface area contributed by atoms with Gasteiger partial charge in [0, 0.05) is 5.56 Å². The summed E-state index contributed by atoms with van der Waals surface area (Å²) < 4.78 is 5.58. The van der Waals surface area contributed by atoms with E-state index in [-0.39, 0.29) is 5.41 Å². The monoisotopic (exact) mass is 203 g/mol. The highest BCUT2D eigenvalue weighted by molar-refractivity contribution is 9.10. The van der Waals surface area contributed by atoms with Crippen LogP contribution in [0.3, 0.4) is 0 Å². The molecule has 1 aromatic heterocycles. The third kappa shape index (κ3) is 1.40. The molecule has 0 aliphatic rings. The molecule has 0 saturated carbocycles. The summed E-state index contributed by atoms with van der Waals surface area (Å²) in [6.07, 6.45) is 1.67. The van der Waals surface area contributed by atoms with Crippen LogP contribution in [0.5, 0.6) is 0 Å². The van der Waals surface area contributed by atoms with Gasteiger partial charge in [-0.25, -0.2) is 0 Å². The standard InChI is InChI=1S/C7H10BrNO/c1-7(2,3)5-4-10-9-6(5)8/h4H,1-3H3. The number of hydrogen-bond acceptors (Lipinski definition) is 2. The number of rotatable bonds is 0. The van der Waals surface area contributed by atoms with Crippen molar-refractivity contribution >= 4 is 15.9 Å². The Kier molecular flexibility index (Phi) is 1.86. The summed E-state index contributed by atoms with van der Waals surface area (Å²) in [7, 11) is 0. The minimum absolute atomic E-state index is 0.110. The number of hydrogen-bond donors (Lipinski definition) is 0. The first-order chi connectivity index (χ1) is 4.52. The van der Waals surface area contributed by atoms with Crippen LogP contribution in [0.15, 0.2) is 15.4 Å². The molecule has 0 bridgehead atoms. The third-order valence-corrected chi connectivity index (χ3v) is 1.91. The van der Waals surface area contributed by atoms with E-state index < -0.39 is 0 Å². The summed E-state index contributed by atoms with van der Waals surface area (Å²) >= 11 is 3.30. The summed E-state index contributed by atoms with van der Waals surface area (Å²) in [5.74, 6) is 0. The molecule has 0 atom stereocenters. The van der Waals surface area contributed by atoms with E-state index in [4.69, 9.17) is 4.52 Å². The lowest BCUT2D eigenvalue weighted by Crippen LogP contribution is -2.10. The zero-order chi connectivity index (χ0) is 7.78. The van der Waals surface area contributed by atoms with Crippen molar-refractivity contribution in [3.05, 3.63) is 16.4 Å². The van der Waals surface area contributed by atoms with Gasteiger partial charge in [0.2, 0.25) is 0 Å². The van der Waals surface area contributed by atoms with E-state index >= 15 is 0 Å². The van der Waals surface area contributed by atoms with Crippen molar-refractivity contribution in [1.29, 1.82) is 0 Å². The minimum Gasteiger partial charge on any atom is -0.363 e. The Labute approximate surface area is 68.7 Å². The van der Waals surface area contributed by atoms with Crippen LogP contribution >= 0.6 is 15.9 Å². The fourth-order valence-corrected chi connectivity index (χ4v) is 1.48. The normalized spacial score (nSPS) is 12.0. The molecule has 0 unspecified atom stereocenters. The molecule has 0 saturated heterocycles. The van der Waals surface area contributed by atoms with Crippen LogP contribution in [0.1, 0.15) is 26.3 Å². The van der Waals surface area contributed by atoms with E-state index in [1.54, 1.807) is 6.26 Å². The van der Waals surface area contributed by atoms with Gasteiger partial charge in [0.05, 0.1) is 0 Å². The van der Waals surface area contributed by atoms with Gasteiger partial charge in [-0.3, -0.25) is 0 Å². The van der Waals surface area contributed by atoms with Gasteiger partial charge in [-0.1, -0.05) is 25.9 Å². The van der Waals surface area contributed by atoms with Crippen molar-refractivity contribution in [1.82, 2.24) is 5.16 Å². The summed E-state index contributed by atoms with van der Waals surface area (Å²) in [5, 5.41) is 3.72. The van der Waals surface area contributed by atoms with Crippen LogP contribution in [0.2, 0.25) is 0 Å². The molecule has 0 amide bonds. The second-order valence-electron chi connectivity index (χ2n) is 3.27. The lowest BCUT2D eigenvalue weighted by Gasteiger charge is -2.14. The SMILES string of the molecule is CC(C)(C)c1conc1Br. The van der Waals surface area contributed by atoms with E-state index in [9.17, 15) is 0 Å². The Morgan fingerprint density at radius 2 is 2.10 bits per heavy atom. The molecule has 0 N–H and O–H groups in total. The fraction of sp³-hybridized carbons (Fsp3) is 0.571. The topological polar surface area (TPSA) is 26.0 Å². The second-order valence-corrected chi connectivity index (χ2v) is 4.02. The van der Waals surface area contributed by atoms with Crippen molar-refractivity contribution in [3.63, 3.8) is 0 Å². The summed E-state index contributed by atoms with van der Waals surface area (Å²) in [4.78, 5) is 0. The summed E-state index contributed by atoms with van der Waals surface area (Å²) in [6.45, 7) is 6.35. The predicted molar refractivity (Wildman–Crippen MR) is 42.9 cm³/mol. The summed E-state index contributed by atoms with van der Waals surface area (Å²) in [5.41, 5.74) is 1.21. The molecule has 0 aliphatic heterocycles. The third-order valence-electron chi connectivity index (χ3n) is 1.33. The fourth-order valence-electron chi connectivity index (χ4n) is 0.709. The highest BCUT2D eigenvalue weighted by atomic mass is 79.9. The average molecular weight is 204 g/mol. The number of halogens is 1. The van der Waals surface area contributed by atoms with Crippen molar-refractivity contribution in [3.8, 4) is 0 Å². The largest absolute Gasteiger partial charge is 0.363 e. The maximum absolute atomic E-state index is 4.77. The zero-order valence-electron chi connectivity index (χ0n) is 6.31. The Hall–Kier alpha value is -0.310. The molecule has 0 fully saturated rings. The maximum atomic E-state index is 4.77. The first-order valence-corrected chi connectivity index (χ1v) is 3.91. The van der Waals surface area contributed by atoms with Crippen molar-refractivity contribution in [2.45, 2.75) is 26.2 Å². The molecular weight excluding hydrogens is 194 g/mol. The molecule has 56 valence electrons. The van der Waals surface area contributed by atoms with Crippen molar-refractivity contribution in [2.75, 3.05) is 0 Å². The van der Waals surface area contributed by atoms with Gasteiger partial charge >= 0.3 is 0 Å². The lowest BCUT2D eigenvalue weighted by atomic mass is 9.90. The van der Waals surface area contributed by atoms with Crippen LogP contribution in [0.4, 0.5) is 0 Å². The molecule has 1 heterocycles. The molecule has 0 radical (unpaired) electrons. The Bertz CT molecular complexity index is 224. The maximum Gasteiger partial charge on any atom is 0.152 e. The molecule has 0 aromatic carbocycles. The molecule has 1 rings (SSSR count). The predicted octanol–water partition coefficient (Wildman–Crippen LogP) is 2.73. The highest BCUT2D eigenvalue weighted by Gasteiger charge is 2.19. The molecule has 2 nitrogen and oxygen atoms in total. The van der Waals surface area contributed by atoms with Crippen LogP contribution < -0.4 is 0 Å². The van der Waals surface area contributed by atoms with Gasteiger partial charge in [-0.05, 0) is 21.3 Å². The van der Waals surface area contributed by atoms with E-state index in [0.29, 0.717) is 0 Å². The molecule has 10 heavy (non-hydrogen) atoms. The van der Waals surface area contributed by atoms with E-state index in [1.807, 2.05) is 0 Å². The molecule has 0 aliphatic carbocycles. The molecule has 1 aromatic rings. The summed E-state index contributed by atoms with van der Waals surface area (Å²) in [6, 6.07) is 0. The van der Waals surface area contributed by atoms with Crippen molar-refractivity contribution in [2.24, 2.45) is 0 Å². The van der Waals surface area contributed by atoms with E-state index in [2.05, 4.69) is 41.9 Å². The first-order valence-electron chi connectivity index (χ1n) is 3.12. The van der Waals surface area contributed by atoms with Crippen LogP contribution in [-0.2, 0) is 5.41 Å². The quantitative estimate of drug-likeness (QED) is 0.649. The molecule has 3 heteroatoms. The van der Waals surface area contributed by atoms with E-state index in [0.717, 1.165) is 10.2 Å². The second kappa shape index (κ2) is 2.38. The van der Waals surface area contributed by atoms with Gasteiger partial charge in [0.1, 0.15) is 6.26 Å². The lowest BCUT2D eigenvalue weighted by molar-refractivity contribution is 0.413. The van der Waals surface area contributed by atoms with E-state index in [1.165, 1.54) is 0 Å². The first kappa shape index (κ1) is 7.79. The number of aromatic nitrogens is 1. The van der Waals surface area contributed by atoms with Crippen LogP contribution in [0.25, 0.3) is 0 Å².